The van der Waals surface area contributed by atoms with E-state index in [9.17, 15) is 9.59 Å². The largest absolute Gasteiger partial charge is 0.497 e. The fourth-order valence-electron chi connectivity index (χ4n) is 3.10. The number of anilines is 1. The number of carbonyl (C=O) groups excluding carboxylic acids is 2. The van der Waals surface area contributed by atoms with Crippen molar-refractivity contribution in [1.82, 2.24) is 5.32 Å². The Hall–Kier alpha value is -3.26. The second-order valence-electron chi connectivity index (χ2n) is 6.70. The number of nitrogens with zero attached hydrogens (tertiary/aromatic N) is 1. The molecule has 162 valence electrons. The molecule has 1 heterocycles. The fraction of sp³-hybridized carbons (Fsp3) is 0.261. The van der Waals surface area contributed by atoms with Crippen LogP contribution in [0.25, 0.3) is 0 Å². The second kappa shape index (κ2) is 10.7. The molecule has 0 bridgehead atoms. The highest BCUT2D eigenvalue weighted by Crippen LogP contribution is 2.32. The Kier molecular flexibility index (Phi) is 7.72. The Morgan fingerprint density at radius 3 is 2.65 bits per heavy atom. The maximum Gasteiger partial charge on any atom is 0.338 e. The summed E-state index contributed by atoms with van der Waals surface area (Å²) in [7, 11) is 1.58. The lowest BCUT2D eigenvalue weighted by atomic mass is 9.97. The SMILES string of the molecule is CCOC(=O)C1=C(C)NC(SCC(=O)Nc2cccc(OC)c2)=N[C@H]1c1ccccc1. The molecule has 7 nitrogen and oxygen atoms in total. The second-order valence-corrected chi connectivity index (χ2v) is 7.66. The standard InChI is InChI=1S/C23H25N3O4S/c1-4-30-22(28)20-15(2)24-23(26-21(20)16-9-6-5-7-10-16)31-14-19(27)25-17-11-8-12-18(13-17)29-3/h5-13,21H,4,14H2,1-3H3,(H,24,26)(H,25,27)/t21-/m0/s1. The summed E-state index contributed by atoms with van der Waals surface area (Å²) >= 11 is 1.27. The van der Waals surface area contributed by atoms with Gasteiger partial charge in [-0.25, -0.2) is 9.79 Å². The van der Waals surface area contributed by atoms with Crippen LogP contribution in [0.1, 0.15) is 25.5 Å². The first-order valence-corrected chi connectivity index (χ1v) is 10.8. The molecule has 3 rings (SSSR count). The quantitative estimate of drug-likeness (QED) is 0.636. The summed E-state index contributed by atoms with van der Waals surface area (Å²) < 4.78 is 10.4. The van der Waals surface area contributed by atoms with Crippen molar-refractivity contribution in [2.24, 2.45) is 4.99 Å². The van der Waals surface area contributed by atoms with E-state index in [1.807, 2.05) is 49.4 Å². The smallest absolute Gasteiger partial charge is 0.338 e. The zero-order valence-corrected chi connectivity index (χ0v) is 18.5. The Bertz CT molecular complexity index is 1000. The van der Waals surface area contributed by atoms with Crippen LogP contribution in [0, 0.1) is 0 Å². The van der Waals surface area contributed by atoms with E-state index in [4.69, 9.17) is 14.5 Å². The van der Waals surface area contributed by atoms with E-state index in [0.29, 0.717) is 27.9 Å². The van der Waals surface area contributed by atoms with E-state index in [1.54, 1.807) is 26.2 Å². The van der Waals surface area contributed by atoms with Crippen molar-refractivity contribution in [1.29, 1.82) is 0 Å². The van der Waals surface area contributed by atoms with Gasteiger partial charge < -0.3 is 20.1 Å². The maximum absolute atomic E-state index is 12.6. The van der Waals surface area contributed by atoms with Gasteiger partial charge in [0.25, 0.3) is 0 Å². The number of hydrogen-bond donors (Lipinski definition) is 2. The molecule has 2 aromatic carbocycles. The van der Waals surface area contributed by atoms with Gasteiger partial charge in [-0.05, 0) is 31.5 Å². The molecule has 0 aromatic heterocycles. The molecule has 1 aliphatic heterocycles. The lowest BCUT2D eigenvalue weighted by Crippen LogP contribution is -2.31. The summed E-state index contributed by atoms with van der Waals surface area (Å²) in [6, 6.07) is 16.2. The minimum absolute atomic E-state index is 0.159. The van der Waals surface area contributed by atoms with Crippen LogP contribution in [0.2, 0.25) is 0 Å². The number of hydrogen-bond acceptors (Lipinski definition) is 7. The number of aliphatic imine (C=N–C) groups is 1. The topological polar surface area (TPSA) is 89.0 Å². The van der Waals surface area contributed by atoms with Crippen molar-refractivity contribution in [2.45, 2.75) is 19.9 Å². The summed E-state index contributed by atoms with van der Waals surface area (Å²) in [4.78, 5) is 29.7. The number of benzene rings is 2. The molecule has 0 aliphatic carbocycles. The number of nitrogens with one attached hydrogen (secondary N) is 2. The van der Waals surface area contributed by atoms with E-state index >= 15 is 0 Å². The Labute approximate surface area is 185 Å². The summed E-state index contributed by atoms with van der Waals surface area (Å²) in [5.74, 6) is 0.260. The van der Waals surface area contributed by atoms with Gasteiger partial charge >= 0.3 is 5.97 Å². The number of methoxy groups -OCH3 is 1. The molecule has 1 atom stereocenters. The van der Waals surface area contributed by atoms with Gasteiger partial charge in [-0.15, -0.1) is 0 Å². The van der Waals surface area contributed by atoms with Gasteiger partial charge in [0.1, 0.15) is 11.8 Å². The number of amides is 1. The first-order valence-electron chi connectivity index (χ1n) is 9.86. The predicted molar refractivity (Wildman–Crippen MR) is 123 cm³/mol. The van der Waals surface area contributed by atoms with Gasteiger partial charge in [-0.3, -0.25) is 4.79 Å². The highest BCUT2D eigenvalue weighted by atomic mass is 32.2. The van der Waals surface area contributed by atoms with Crippen molar-refractivity contribution < 1.29 is 19.1 Å². The highest BCUT2D eigenvalue weighted by molar-refractivity contribution is 8.14. The molecule has 0 spiro atoms. The molecule has 31 heavy (non-hydrogen) atoms. The molecule has 0 saturated heterocycles. The number of rotatable bonds is 7. The fourth-order valence-corrected chi connectivity index (χ4v) is 3.85. The first-order chi connectivity index (χ1) is 15.0. The van der Waals surface area contributed by atoms with Crippen molar-refractivity contribution in [3.63, 3.8) is 0 Å². The van der Waals surface area contributed by atoms with Crippen LogP contribution in [0.3, 0.4) is 0 Å². The zero-order chi connectivity index (χ0) is 22.2. The van der Waals surface area contributed by atoms with Crippen LogP contribution in [0.4, 0.5) is 5.69 Å². The average Bonchev–Trinajstić information content (AvgIpc) is 2.78. The lowest BCUT2D eigenvalue weighted by Gasteiger charge is -2.25. The molecule has 8 heteroatoms. The third-order valence-electron chi connectivity index (χ3n) is 4.52. The molecule has 0 saturated carbocycles. The highest BCUT2D eigenvalue weighted by Gasteiger charge is 2.30. The molecule has 2 N–H and O–H groups in total. The van der Waals surface area contributed by atoms with Crippen LogP contribution >= 0.6 is 11.8 Å². The summed E-state index contributed by atoms with van der Waals surface area (Å²) in [5.41, 5.74) is 2.67. The van der Waals surface area contributed by atoms with Gasteiger partial charge in [-0.1, -0.05) is 48.2 Å². The van der Waals surface area contributed by atoms with Crippen LogP contribution in [0.5, 0.6) is 5.75 Å². The molecule has 2 aromatic rings. The van der Waals surface area contributed by atoms with Gasteiger partial charge in [0, 0.05) is 17.5 Å². The van der Waals surface area contributed by atoms with Gasteiger partial charge in [-0.2, -0.15) is 0 Å². The number of amidine groups is 1. The summed E-state index contributed by atoms with van der Waals surface area (Å²) in [5, 5.41) is 6.55. The first kappa shape index (κ1) is 22.4. The van der Waals surface area contributed by atoms with Crippen molar-refractivity contribution in [2.75, 3.05) is 24.8 Å². The molecule has 0 radical (unpaired) electrons. The zero-order valence-electron chi connectivity index (χ0n) is 17.7. The summed E-state index contributed by atoms with van der Waals surface area (Å²) in [6.45, 7) is 3.87. The van der Waals surface area contributed by atoms with Crippen molar-refractivity contribution in [3.8, 4) is 5.75 Å². The molecular formula is C23H25N3O4S. The van der Waals surface area contributed by atoms with E-state index in [0.717, 1.165) is 5.56 Å². The normalized spacial score (nSPS) is 15.6. The van der Waals surface area contributed by atoms with E-state index in [-0.39, 0.29) is 18.3 Å². The Morgan fingerprint density at radius 1 is 1.16 bits per heavy atom. The third kappa shape index (κ3) is 5.88. The van der Waals surface area contributed by atoms with E-state index < -0.39 is 12.0 Å². The minimum atomic E-state index is -0.495. The number of esters is 1. The van der Waals surface area contributed by atoms with E-state index in [1.165, 1.54) is 11.8 Å². The van der Waals surface area contributed by atoms with Gasteiger partial charge in [0.15, 0.2) is 5.17 Å². The number of carbonyl (C=O) groups is 2. The predicted octanol–water partition coefficient (Wildman–Crippen LogP) is 3.90. The molecule has 1 amide bonds. The number of allylic oxidation sites excluding steroid dienone is 1. The van der Waals surface area contributed by atoms with Crippen LogP contribution in [-0.4, -0.2) is 36.5 Å². The lowest BCUT2D eigenvalue weighted by molar-refractivity contribution is -0.139. The number of thioether (sulfide) groups is 1. The van der Waals surface area contributed by atoms with Crippen molar-refractivity contribution in [3.05, 3.63) is 71.4 Å². The van der Waals surface area contributed by atoms with Gasteiger partial charge in [0.05, 0.1) is 25.0 Å². The third-order valence-corrected chi connectivity index (χ3v) is 5.41. The molecular weight excluding hydrogens is 414 g/mol. The average molecular weight is 440 g/mol. The monoisotopic (exact) mass is 439 g/mol. The van der Waals surface area contributed by atoms with Crippen LogP contribution < -0.4 is 15.4 Å². The van der Waals surface area contributed by atoms with Crippen LogP contribution in [0.15, 0.2) is 70.9 Å². The Balaban J connectivity index is 1.72. The number of ether oxygens (including phenoxy) is 2. The van der Waals surface area contributed by atoms with Crippen molar-refractivity contribution >= 4 is 34.5 Å². The summed E-state index contributed by atoms with van der Waals surface area (Å²) in [6.07, 6.45) is 0. The molecule has 0 unspecified atom stereocenters. The van der Waals surface area contributed by atoms with E-state index in [2.05, 4.69) is 10.6 Å². The molecule has 0 fully saturated rings. The van der Waals surface area contributed by atoms with Gasteiger partial charge in [0.2, 0.25) is 5.91 Å². The minimum Gasteiger partial charge on any atom is -0.497 e. The maximum atomic E-state index is 12.6. The Morgan fingerprint density at radius 2 is 1.94 bits per heavy atom. The van der Waals surface area contributed by atoms with Crippen LogP contribution in [-0.2, 0) is 14.3 Å². The molecule has 1 aliphatic rings.